The van der Waals surface area contributed by atoms with Crippen molar-refractivity contribution in [2.75, 3.05) is 0 Å². The highest BCUT2D eigenvalue weighted by Gasteiger charge is 2.08. The average molecular weight is 184 g/mol. The van der Waals surface area contributed by atoms with Crippen molar-refractivity contribution in [1.82, 2.24) is 4.98 Å². The van der Waals surface area contributed by atoms with E-state index in [2.05, 4.69) is 11.6 Å². The van der Waals surface area contributed by atoms with Gasteiger partial charge in [-0.1, -0.05) is 18.2 Å². The van der Waals surface area contributed by atoms with Gasteiger partial charge in [0.2, 0.25) is 0 Å². The van der Waals surface area contributed by atoms with Crippen LogP contribution in [0.25, 0.3) is 0 Å². The maximum absolute atomic E-state index is 9.48. The maximum atomic E-state index is 9.48. The minimum atomic E-state index is -0.692. The Morgan fingerprint density at radius 1 is 1.67 bits per heavy atom. The van der Waals surface area contributed by atoms with Gasteiger partial charge < -0.3 is 5.11 Å². The van der Waals surface area contributed by atoms with E-state index in [1.807, 2.05) is 0 Å². The lowest BCUT2D eigenvalue weighted by Crippen LogP contribution is -1.99. The SMILES string of the molecule is C=C(C)C(O)c1ccc(Cl)cn1. The molecule has 12 heavy (non-hydrogen) atoms. The largest absolute Gasteiger partial charge is 0.382 e. The fourth-order valence-corrected chi connectivity index (χ4v) is 0.913. The van der Waals surface area contributed by atoms with Crippen LogP contribution >= 0.6 is 11.6 Å². The van der Waals surface area contributed by atoms with Crippen LogP contribution < -0.4 is 0 Å². The molecule has 0 amide bonds. The van der Waals surface area contributed by atoms with E-state index in [1.54, 1.807) is 19.1 Å². The predicted octanol–water partition coefficient (Wildman–Crippen LogP) is 2.34. The molecule has 1 atom stereocenters. The second kappa shape index (κ2) is 3.70. The van der Waals surface area contributed by atoms with Gasteiger partial charge >= 0.3 is 0 Å². The van der Waals surface area contributed by atoms with Gasteiger partial charge in [0.1, 0.15) is 6.10 Å². The first-order valence-electron chi connectivity index (χ1n) is 3.56. The molecule has 0 saturated heterocycles. The van der Waals surface area contributed by atoms with Crippen LogP contribution in [0.4, 0.5) is 0 Å². The first-order chi connectivity index (χ1) is 5.61. The van der Waals surface area contributed by atoms with Gasteiger partial charge in [0.15, 0.2) is 0 Å². The summed E-state index contributed by atoms with van der Waals surface area (Å²) >= 11 is 5.63. The second-order valence-corrected chi connectivity index (χ2v) is 3.09. The third-order valence-electron chi connectivity index (χ3n) is 1.50. The highest BCUT2D eigenvalue weighted by molar-refractivity contribution is 6.30. The lowest BCUT2D eigenvalue weighted by atomic mass is 10.1. The molecule has 1 rings (SSSR count). The molecule has 1 aromatic rings. The Labute approximate surface area is 76.5 Å². The van der Waals surface area contributed by atoms with E-state index >= 15 is 0 Å². The van der Waals surface area contributed by atoms with Crippen LogP contribution in [-0.2, 0) is 0 Å². The first-order valence-corrected chi connectivity index (χ1v) is 3.94. The summed E-state index contributed by atoms with van der Waals surface area (Å²) in [6, 6.07) is 3.37. The highest BCUT2D eigenvalue weighted by Crippen LogP contribution is 2.18. The Balaban J connectivity index is 2.89. The molecule has 2 nitrogen and oxygen atoms in total. The molecular formula is C9H10ClNO. The van der Waals surface area contributed by atoms with E-state index < -0.39 is 6.10 Å². The van der Waals surface area contributed by atoms with E-state index in [0.29, 0.717) is 16.3 Å². The average Bonchev–Trinajstić information content (AvgIpc) is 2.04. The third-order valence-corrected chi connectivity index (χ3v) is 1.72. The van der Waals surface area contributed by atoms with Crippen LogP contribution in [-0.4, -0.2) is 10.1 Å². The van der Waals surface area contributed by atoms with Gasteiger partial charge in [-0.2, -0.15) is 0 Å². The molecule has 0 bridgehead atoms. The Hall–Kier alpha value is -0.860. The molecule has 1 unspecified atom stereocenters. The summed E-state index contributed by atoms with van der Waals surface area (Å²) in [5.41, 5.74) is 1.25. The van der Waals surface area contributed by atoms with Gasteiger partial charge in [-0.05, 0) is 24.6 Å². The van der Waals surface area contributed by atoms with Crippen LogP contribution in [0, 0.1) is 0 Å². The molecule has 0 aromatic carbocycles. The standard InChI is InChI=1S/C9H10ClNO/c1-6(2)9(12)8-4-3-7(10)5-11-8/h3-5,9,12H,1H2,2H3. The molecule has 0 fully saturated rings. The topological polar surface area (TPSA) is 33.1 Å². The Kier molecular flexibility index (Phi) is 2.84. The molecule has 64 valence electrons. The van der Waals surface area contributed by atoms with Crippen LogP contribution in [0.15, 0.2) is 30.5 Å². The molecule has 0 aliphatic heterocycles. The molecule has 0 spiro atoms. The van der Waals surface area contributed by atoms with Crippen molar-refractivity contribution in [1.29, 1.82) is 0 Å². The summed E-state index contributed by atoms with van der Waals surface area (Å²) in [4.78, 5) is 3.96. The molecule has 0 aliphatic rings. The third kappa shape index (κ3) is 2.06. The quantitative estimate of drug-likeness (QED) is 0.714. The normalized spacial score (nSPS) is 12.6. The van der Waals surface area contributed by atoms with Crippen molar-refractivity contribution in [3.05, 3.63) is 41.2 Å². The zero-order valence-corrected chi connectivity index (χ0v) is 7.54. The van der Waals surface area contributed by atoms with E-state index in [-0.39, 0.29) is 0 Å². The molecule has 1 heterocycles. The smallest absolute Gasteiger partial charge is 0.116 e. The van der Waals surface area contributed by atoms with Gasteiger partial charge in [-0.15, -0.1) is 0 Å². The van der Waals surface area contributed by atoms with Crippen LogP contribution in [0.2, 0.25) is 5.02 Å². The van der Waals surface area contributed by atoms with Crippen molar-refractivity contribution in [2.24, 2.45) is 0 Å². The summed E-state index contributed by atoms with van der Waals surface area (Å²) in [6.07, 6.45) is 0.811. The van der Waals surface area contributed by atoms with Gasteiger partial charge in [0, 0.05) is 6.20 Å². The number of hydrogen-bond donors (Lipinski definition) is 1. The Morgan fingerprint density at radius 2 is 2.33 bits per heavy atom. The molecule has 0 saturated carbocycles. The molecule has 0 radical (unpaired) electrons. The molecule has 1 aromatic heterocycles. The summed E-state index contributed by atoms with van der Waals surface area (Å²) in [5, 5.41) is 10.0. The van der Waals surface area contributed by atoms with Gasteiger partial charge in [-0.25, -0.2) is 0 Å². The van der Waals surface area contributed by atoms with Crippen molar-refractivity contribution in [3.8, 4) is 0 Å². The number of aliphatic hydroxyl groups excluding tert-OH is 1. The summed E-state index contributed by atoms with van der Waals surface area (Å²) in [7, 11) is 0. The van der Waals surface area contributed by atoms with Crippen LogP contribution in [0.1, 0.15) is 18.7 Å². The number of aromatic nitrogens is 1. The number of halogens is 1. The Bertz CT molecular complexity index is 281. The number of hydrogen-bond acceptors (Lipinski definition) is 2. The summed E-state index contributed by atoms with van der Waals surface area (Å²) in [5.74, 6) is 0. The lowest BCUT2D eigenvalue weighted by molar-refractivity contribution is 0.211. The van der Waals surface area contributed by atoms with E-state index in [4.69, 9.17) is 11.6 Å². The number of rotatable bonds is 2. The van der Waals surface area contributed by atoms with Crippen molar-refractivity contribution in [2.45, 2.75) is 13.0 Å². The summed E-state index contributed by atoms with van der Waals surface area (Å²) in [6.45, 7) is 5.38. The summed E-state index contributed by atoms with van der Waals surface area (Å²) < 4.78 is 0. The van der Waals surface area contributed by atoms with E-state index in [1.165, 1.54) is 6.20 Å². The highest BCUT2D eigenvalue weighted by atomic mass is 35.5. The lowest BCUT2D eigenvalue weighted by Gasteiger charge is -2.08. The van der Waals surface area contributed by atoms with Gasteiger partial charge in [0.25, 0.3) is 0 Å². The maximum Gasteiger partial charge on any atom is 0.116 e. The molecular weight excluding hydrogens is 174 g/mol. The van der Waals surface area contributed by atoms with Crippen molar-refractivity contribution in [3.63, 3.8) is 0 Å². The van der Waals surface area contributed by atoms with Gasteiger partial charge in [-0.3, -0.25) is 4.98 Å². The second-order valence-electron chi connectivity index (χ2n) is 2.65. The van der Waals surface area contributed by atoms with E-state index in [0.717, 1.165) is 0 Å². The van der Waals surface area contributed by atoms with E-state index in [9.17, 15) is 5.11 Å². The zero-order valence-electron chi connectivity index (χ0n) is 6.79. The van der Waals surface area contributed by atoms with Crippen molar-refractivity contribution >= 4 is 11.6 Å². The molecule has 3 heteroatoms. The van der Waals surface area contributed by atoms with Crippen LogP contribution in [0.3, 0.4) is 0 Å². The Morgan fingerprint density at radius 3 is 2.75 bits per heavy atom. The fourth-order valence-electron chi connectivity index (χ4n) is 0.801. The molecule has 0 aliphatic carbocycles. The first kappa shape index (κ1) is 9.23. The van der Waals surface area contributed by atoms with Crippen molar-refractivity contribution < 1.29 is 5.11 Å². The number of pyridine rings is 1. The number of nitrogens with zero attached hydrogens (tertiary/aromatic N) is 1. The fraction of sp³-hybridized carbons (Fsp3) is 0.222. The number of aliphatic hydroxyl groups is 1. The zero-order chi connectivity index (χ0) is 9.14. The minimum Gasteiger partial charge on any atom is -0.382 e. The van der Waals surface area contributed by atoms with Crippen LogP contribution in [0.5, 0.6) is 0 Å². The predicted molar refractivity (Wildman–Crippen MR) is 49.0 cm³/mol. The van der Waals surface area contributed by atoms with Gasteiger partial charge in [0.05, 0.1) is 10.7 Å². The molecule has 1 N–H and O–H groups in total. The monoisotopic (exact) mass is 183 g/mol. The minimum absolute atomic E-state index is 0.563.